The molecule has 0 aromatic carbocycles. The molecular weight excluding hydrogens is 923 g/mol. The lowest BCUT2D eigenvalue weighted by molar-refractivity contribution is -0.870. The molecule has 0 spiro atoms. The summed E-state index contributed by atoms with van der Waals surface area (Å²) in [6.45, 7) is 4.77. The van der Waals surface area contributed by atoms with Crippen LogP contribution in [-0.4, -0.2) is 82.3 Å². The molecule has 2 atom stereocenters. The van der Waals surface area contributed by atoms with Crippen molar-refractivity contribution in [3.05, 3.63) is 36.5 Å². The minimum absolute atomic E-state index is 0.148. The molecule has 0 aliphatic rings. The minimum atomic E-state index is -1.62. The summed E-state index contributed by atoms with van der Waals surface area (Å²) in [4.78, 5) is 37.3. The summed E-state index contributed by atoms with van der Waals surface area (Å²) in [7, 11) is 5.93. The molecule has 0 bridgehead atoms. The number of ether oxygens (including phenoxy) is 4. The fourth-order valence-corrected chi connectivity index (χ4v) is 9.21. The maximum absolute atomic E-state index is 12.9. The normalized spacial score (nSPS) is 12.9. The van der Waals surface area contributed by atoms with Crippen LogP contribution in [0.15, 0.2) is 36.5 Å². The molecule has 9 heteroatoms. The number of hydrogen-bond donors (Lipinski definition) is 0. The van der Waals surface area contributed by atoms with E-state index < -0.39 is 24.3 Å². The largest absolute Gasteiger partial charge is 0.545 e. The van der Waals surface area contributed by atoms with Crippen molar-refractivity contribution < 1.29 is 42.9 Å². The predicted octanol–water partition coefficient (Wildman–Crippen LogP) is 17.5. The molecular formula is C65H121NO8. The van der Waals surface area contributed by atoms with E-state index >= 15 is 0 Å². The van der Waals surface area contributed by atoms with Gasteiger partial charge in [0.05, 0.1) is 40.3 Å². The second kappa shape index (κ2) is 56.7. The third-order valence-electron chi connectivity index (χ3n) is 14.1. The Labute approximate surface area is 458 Å². The van der Waals surface area contributed by atoms with Crippen molar-refractivity contribution in [2.45, 2.75) is 315 Å². The number of hydrogen-bond acceptors (Lipinski definition) is 8. The van der Waals surface area contributed by atoms with Crippen molar-refractivity contribution in [3.8, 4) is 0 Å². The van der Waals surface area contributed by atoms with E-state index in [1.807, 2.05) is 21.1 Å². The molecule has 434 valence electrons. The highest BCUT2D eigenvalue weighted by Crippen LogP contribution is 2.17. The number of carbonyl (C=O) groups excluding carboxylic acids is 3. The summed E-state index contributed by atoms with van der Waals surface area (Å²) in [6.07, 6.45) is 66.4. The Morgan fingerprint density at radius 1 is 0.405 bits per heavy atom. The van der Waals surface area contributed by atoms with E-state index in [1.165, 1.54) is 212 Å². The van der Waals surface area contributed by atoms with E-state index in [0.29, 0.717) is 17.4 Å². The van der Waals surface area contributed by atoms with Gasteiger partial charge in [0.2, 0.25) is 0 Å². The smallest absolute Gasteiger partial charge is 0.306 e. The van der Waals surface area contributed by atoms with Crippen LogP contribution in [0.1, 0.15) is 303 Å². The second-order valence-corrected chi connectivity index (χ2v) is 22.7. The molecule has 0 aliphatic heterocycles. The number of rotatable bonds is 59. The number of esters is 2. The van der Waals surface area contributed by atoms with Gasteiger partial charge in [-0.05, 0) is 70.6 Å². The number of carbonyl (C=O) groups is 3. The summed E-state index contributed by atoms with van der Waals surface area (Å²) in [5.74, 6) is -2.28. The fourth-order valence-electron chi connectivity index (χ4n) is 9.21. The van der Waals surface area contributed by atoms with E-state index in [4.69, 9.17) is 18.9 Å². The van der Waals surface area contributed by atoms with Crippen molar-refractivity contribution in [2.24, 2.45) is 0 Å². The molecule has 74 heavy (non-hydrogen) atoms. The van der Waals surface area contributed by atoms with Crippen molar-refractivity contribution >= 4 is 17.9 Å². The molecule has 0 radical (unpaired) electrons. The number of carboxylic acids is 1. The van der Waals surface area contributed by atoms with Gasteiger partial charge in [-0.2, -0.15) is 0 Å². The first kappa shape index (κ1) is 71.5. The lowest BCUT2D eigenvalue weighted by atomic mass is 10.0. The van der Waals surface area contributed by atoms with E-state index in [2.05, 4.69) is 50.3 Å². The lowest BCUT2D eigenvalue weighted by Crippen LogP contribution is -2.44. The SMILES string of the molecule is CCCCCCC/C=C\C/C=C\CCCCCCCCCCCCCCCCCCCCCCCC(=O)OC(COC(=O)CCCCCCC/C=C\CCCCCCCCC)COC(OCC[N+](C)(C)C)C(=O)[O-]. The number of unbranched alkanes of at least 4 members (excludes halogenated alkanes) is 38. The molecule has 0 aromatic rings. The third kappa shape index (κ3) is 57.2. The van der Waals surface area contributed by atoms with Gasteiger partial charge in [0, 0.05) is 12.8 Å². The monoisotopic (exact) mass is 1040 g/mol. The zero-order valence-electron chi connectivity index (χ0n) is 49.5. The molecule has 2 unspecified atom stereocenters. The van der Waals surface area contributed by atoms with Crippen molar-refractivity contribution in [3.63, 3.8) is 0 Å². The highest BCUT2D eigenvalue weighted by molar-refractivity contribution is 5.70. The maximum atomic E-state index is 12.9. The predicted molar refractivity (Wildman–Crippen MR) is 311 cm³/mol. The molecule has 9 nitrogen and oxygen atoms in total. The summed E-state index contributed by atoms with van der Waals surface area (Å²) >= 11 is 0. The number of allylic oxidation sites excluding steroid dienone is 6. The van der Waals surface area contributed by atoms with E-state index in [0.717, 1.165) is 57.8 Å². The molecule has 0 aliphatic carbocycles. The first-order valence-corrected chi connectivity index (χ1v) is 31.6. The van der Waals surface area contributed by atoms with Gasteiger partial charge >= 0.3 is 11.9 Å². The van der Waals surface area contributed by atoms with E-state index in [1.54, 1.807) is 0 Å². The number of nitrogens with zero attached hydrogens (tertiary/aromatic N) is 1. The van der Waals surface area contributed by atoms with Crippen LogP contribution in [-0.2, 0) is 33.3 Å². The average molecular weight is 1040 g/mol. The van der Waals surface area contributed by atoms with Crippen LogP contribution in [0.25, 0.3) is 0 Å². The Morgan fingerprint density at radius 3 is 1.08 bits per heavy atom. The molecule has 0 heterocycles. The number of likely N-dealkylation sites (N-methyl/N-ethyl adjacent to an activating group) is 1. The summed E-state index contributed by atoms with van der Waals surface area (Å²) in [5, 5.41) is 11.8. The van der Waals surface area contributed by atoms with Gasteiger partial charge < -0.3 is 33.3 Å². The maximum Gasteiger partial charge on any atom is 0.306 e. The van der Waals surface area contributed by atoms with Crippen LogP contribution >= 0.6 is 0 Å². The first-order valence-electron chi connectivity index (χ1n) is 31.6. The Morgan fingerprint density at radius 2 is 0.730 bits per heavy atom. The van der Waals surface area contributed by atoms with Crippen LogP contribution in [0.5, 0.6) is 0 Å². The van der Waals surface area contributed by atoms with E-state index in [9.17, 15) is 19.5 Å². The molecule has 0 amide bonds. The van der Waals surface area contributed by atoms with Gasteiger partial charge in [0.25, 0.3) is 0 Å². The summed E-state index contributed by atoms with van der Waals surface area (Å²) in [5.41, 5.74) is 0. The highest BCUT2D eigenvalue weighted by atomic mass is 16.7. The number of quaternary nitrogens is 1. The second-order valence-electron chi connectivity index (χ2n) is 22.7. The topological polar surface area (TPSA) is 111 Å². The van der Waals surface area contributed by atoms with Gasteiger partial charge in [-0.15, -0.1) is 0 Å². The Kier molecular flexibility index (Phi) is 54.8. The third-order valence-corrected chi connectivity index (χ3v) is 14.1. The van der Waals surface area contributed by atoms with Gasteiger partial charge in [0.15, 0.2) is 12.4 Å². The van der Waals surface area contributed by atoms with Crippen LogP contribution in [0.3, 0.4) is 0 Å². The van der Waals surface area contributed by atoms with Gasteiger partial charge in [-0.3, -0.25) is 9.59 Å². The molecule has 0 fully saturated rings. The minimum Gasteiger partial charge on any atom is -0.545 e. The van der Waals surface area contributed by atoms with Gasteiger partial charge in [-0.25, -0.2) is 0 Å². The summed E-state index contributed by atoms with van der Waals surface area (Å²) < 4.78 is 22.7. The van der Waals surface area contributed by atoms with Gasteiger partial charge in [0.1, 0.15) is 13.2 Å². The van der Waals surface area contributed by atoms with Crippen LogP contribution in [0.2, 0.25) is 0 Å². The molecule has 0 aromatic heterocycles. The molecule has 0 N–H and O–H groups in total. The zero-order chi connectivity index (χ0) is 54.1. The lowest BCUT2D eigenvalue weighted by Gasteiger charge is -2.26. The van der Waals surface area contributed by atoms with Crippen LogP contribution in [0, 0.1) is 0 Å². The van der Waals surface area contributed by atoms with Crippen LogP contribution in [0.4, 0.5) is 0 Å². The molecule has 0 rings (SSSR count). The van der Waals surface area contributed by atoms with Crippen molar-refractivity contribution in [1.29, 1.82) is 0 Å². The Bertz CT molecular complexity index is 1310. The first-order chi connectivity index (χ1) is 36.1. The Hall–Kier alpha value is -2.49. The van der Waals surface area contributed by atoms with Crippen LogP contribution < -0.4 is 5.11 Å². The van der Waals surface area contributed by atoms with E-state index in [-0.39, 0.29) is 38.6 Å². The van der Waals surface area contributed by atoms with Crippen molar-refractivity contribution in [1.82, 2.24) is 0 Å². The van der Waals surface area contributed by atoms with Crippen molar-refractivity contribution in [2.75, 3.05) is 47.5 Å². The number of carboxylic acid groups (broad SMARTS) is 1. The quantitative estimate of drug-likeness (QED) is 0.0195. The standard InChI is InChI=1S/C65H121NO8/c1-6-8-10-12-14-16-18-20-22-24-25-26-27-28-29-30-31-32-33-34-35-36-37-38-39-40-42-44-46-48-50-52-54-56-63(68)74-61(60-73-65(64(69)70)71-58-57-66(3,4)5)59-72-62(67)55-53-51-49-47-45-43-41-23-21-19-17-15-13-11-9-7-2/h18,20,23-25,41,61,65H,6-17,19,21-22,26-40,42-60H2,1-5H3/b20-18-,25-24-,41-23-. The number of aliphatic carboxylic acids is 1. The highest BCUT2D eigenvalue weighted by Gasteiger charge is 2.22. The van der Waals surface area contributed by atoms with Gasteiger partial charge in [-0.1, -0.05) is 256 Å². The Balaban J connectivity index is 4.06. The zero-order valence-corrected chi connectivity index (χ0v) is 49.5. The molecule has 0 saturated heterocycles. The fraction of sp³-hybridized carbons (Fsp3) is 0.862. The molecule has 0 saturated carbocycles. The average Bonchev–Trinajstić information content (AvgIpc) is 3.37. The summed E-state index contributed by atoms with van der Waals surface area (Å²) in [6, 6.07) is 0.